The minimum atomic E-state index is -0.592. The third-order valence-electron chi connectivity index (χ3n) is 2.74. The van der Waals surface area contributed by atoms with Crippen LogP contribution in [0.15, 0.2) is 34.4 Å². The molecule has 0 unspecified atom stereocenters. The van der Waals surface area contributed by atoms with Gasteiger partial charge in [-0.1, -0.05) is 13.8 Å². The van der Waals surface area contributed by atoms with Gasteiger partial charge in [0.2, 0.25) is 0 Å². The summed E-state index contributed by atoms with van der Waals surface area (Å²) >= 11 is 0.895. The number of rotatable bonds is 5. The molecule has 0 aliphatic heterocycles. The van der Waals surface area contributed by atoms with E-state index in [0.717, 1.165) is 17.5 Å². The van der Waals surface area contributed by atoms with Crippen LogP contribution in [-0.4, -0.2) is 16.0 Å². The van der Waals surface area contributed by atoms with Crippen LogP contribution < -0.4 is 5.32 Å². The van der Waals surface area contributed by atoms with Crippen LogP contribution in [0.4, 0.5) is 8.78 Å². The molecule has 0 saturated carbocycles. The number of halogens is 2. The molecule has 0 aliphatic rings. The van der Waals surface area contributed by atoms with Crippen LogP contribution in [0, 0.1) is 18.6 Å². The highest BCUT2D eigenvalue weighted by Crippen LogP contribution is 2.30. The summed E-state index contributed by atoms with van der Waals surface area (Å²) < 4.78 is 28.2. The highest BCUT2D eigenvalue weighted by molar-refractivity contribution is 7.99. The third kappa shape index (κ3) is 4.47. The molecule has 0 fully saturated rings. The lowest BCUT2D eigenvalue weighted by atomic mass is 10.2. The average molecular weight is 309 g/mol. The Morgan fingerprint density at radius 2 is 1.90 bits per heavy atom. The number of aryl methyl sites for hydroxylation is 1. The summed E-state index contributed by atoms with van der Waals surface area (Å²) in [5.41, 5.74) is 1.33. The van der Waals surface area contributed by atoms with E-state index in [2.05, 4.69) is 15.3 Å². The van der Waals surface area contributed by atoms with Crippen LogP contribution in [0.25, 0.3) is 0 Å². The normalized spacial score (nSPS) is 11.1. The molecule has 1 aromatic heterocycles. The van der Waals surface area contributed by atoms with Crippen molar-refractivity contribution in [3.63, 3.8) is 0 Å². The van der Waals surface area contributed by atoms with Gasteiger partial charge in [0.25, 0.3) is 0 Å². The molecule has 0 saturated heterocycles. The van der Waals surface area contributed by atoms with Gasteiger partial charge in [-0.3, -0.25) is 0 Å². The first-order valence-corrected chi connectivity index (χ1v) is 7.46. The monoisotopic (exact) mass is 309 g/mol. The largest absolute Gasteiger partial charge is 0.310 e. The Balaban J connectivity index is 2.21. The molecule has 0 spiro atoms. The van der Waals surface area contributed by atoms with E-state index in [4.69, 9.17) is 0 Å². The van der Waals surface area contributed by atoms with Gasteiger partial charge >= 0.3 is 0 Å². The van der Waals surface area contributed by atoms with E-state index in [9.17, 15) is 8.78 Å². The molecule has 0 radical (unpaired) electrons. The Morgan fingerprint density at radius 3 is 2.48 bits per heavy atom. The van der Waals surface area contributed by atoms with E-state index in [0.29, 0.717) is 17.3 Å². The second-order valence-electron chi connectivity index (χ2n) is 5.01. The van der Waals surface area contributed by atoms with Crippen molar-refractivity contribution in [1.29, 1.82) is 0 Å². The second-order valence-corrected chi connectivity index (χ2v) is 5.98. The van der Waals surface area contributed by atoms with Gasteiger partial charge in [-0.05, 0) is 42.4 Å². The van der Waals surface area contributed by atoms with E-state index in [-0.39, 0.29) is 10.9 Å². The number of nitrogens with one attached hydrogen (secondary N) is 1. The summed E-state index contributed by atoms with van der Waals surface area (Å²) in [5.74, 6) is -1.18. The number of hydrogen-bond donors (Lipinski definition) is 1. The van der Waals surface area contributed by atoms with Crippen molar-refractivity contribution in [1.82, 2.24) is 15.3 Å². The summed E-state index contributed by atoms with van der Waals surface area (Å²) in [6, 6.07) is 4.68. The molecule has 112 valence electrons. The Morgan fingerprint density at radius 1 is 1.24 bits per heavy atom. The first-order chi connectivity index (χ1) is 9.95. The molecule has 0 bridgehead atoms. The van der Waals surface area contributed by atoms with Gasteiger partial charge in [0.1, 0.15) is 11.6 Å². The van der Waals surface area contributed by atoms with Gasteiger partial charge in [-0.25, -0.2) is 18.7 Å². The number of nitrogens with zero attached hydrogens (tertiary/aromatic N) is 2. The van der Waals surface area contributed by atoms with Crippen molar-refractivity contribution < 1.29 is 8.78 Å². The molecule has 2 rings (SSSR count). The predicted octanol–water partition coefficient (Wildman–Crippen LogP) is 3.71. The first-order valence-electron chi connectivity index (χ1n) is 6.64. The highest BCUT2D eigenvalue weighted by Gasteiger charge is 2.14. The van der Waals surface area contributed by atoms with E-state index in [1.165, 1.54) is 12.1 Å². The molecule has 3 nitrogen and oxygen atoms in total. The average Bonchev–Trinajstić information content (AvgIpc) is 2.40. The van der Waals surface area contributed by atoms with Crippen LogP contribution in [0.5, 0.6) is 0 Å². The summed E-state index contributed by atoms with van der Waals surface area (Å²) in [6.45, 7) is 6.19. The van der Waals surface area contributed by atoms with Crippen LogP contribution in [-0.2, 0) is 6.54 Å². The Hall–Kier alpha value is -1.53. The Kier molecular flexibility index (Phi) is 5.25. The maximum Gasteiger partial charge on any atom is 0.192 e. The zero-order valence-electron chi connectivity index (χ0n) is 12.2. The van der Waals surface area contributed by atoms with Gasteiger partial charge in [-0.2, -0.15) is 0 Å². The van der Waals surface area contributed by atoms with Gasteiger partial charge in [0, 0.05) is 24.5 Å². The molecular formula is C15H17F2N3S. The maximum absolute atomic E-state index is 14.1. The summed E-state index contributed by atoms with van der Waals surface area (Å²) in [7, 11) is 0. The summed E-state index contributed by atoms with van der Waals surface area (Å²) in [5, 5.41) is 3.46. The van der Waals surface area contributed by atoms with E-state index in [1.807, 2.05) is 13.8 Å². The fraction of sp³-hybridized carbons (Fsp3) is 0.333. The minimum Gasteiger partial charge on any atom is -0.310 e. The topological polar surface area (TPSA) is 37.8 Å². The van der Waals surface area contributed by atoms with Crippen molar-refractivity contribution in [2.45, 2.75) is 43.4 Å². The van der Waals surface area contributed by atoms with E-state index >= 15 is 0 Å². The van der Waals surface area contributed by atoms with E-state index in [1.54, 1.807) is 19.2 Å². The fourth-order valence-electron chi connectivity index (χ4n) is 1.70. The van der Waals surface area contributed by atoms with Crippen LogP contribution in [0.1, 0.15) is 25.1 Å². The van der Waals surface area contributed by atoms with Crippen LogP contribution in [0.2, 0.25) is 0 Å². The smallest absolute Gasteiger partial charge is 0.192 e. The number of hydrogen-bond acceptors (Lipinski definition) is 4. The third-order valence-corrected chi connectivity index (χ3v) is 3.71. The lowest BCUT2D eigenvalue weighted by molar-refractivity contribution is 0.528. The molecular weight excluding hydrogens is 292 g/mol. The van der Waals surface area contributed by atoms with Crippen molar-refractivity contribution in [3.8, 4) is 0 Å². The first kappa shape index (κ1) is 15.9. The van der Waals surface area contributed by atoms with Crippen LogP contribution >= 0.6 is 11.8 Å². The van der Waals surface area contributed by atoms with Crippen molar-refractivity contribution in [2.75, 3.05) is 0 Å². The Bertz CT molecular complexity index is 609. The summed E-state index contributed by atoms with van der Waals surface area (Å²) in [6.07, 6.45) is 1.57. The van der Waals surface area contributed by atoms with Gasteiger partial charge in [0.15, 0.2) is 5.16 Å². The number of benzene rings is 1. The zero-order chi connectivity index (χ0) is 15.4. The molecule has 0 atom stereocenters. The fourth-order valence-corrected chi connectivity index (χ4v) is 2.50. The molecule has 2 aromatic rings. The zero-order valence-corrected chi connectivity index (χ0v) is 13.0. The van der Waals surface area contributed by atoms with Crippen molar-refractivity contribution in [3.05, 3.63) is 47.3 Å². The van der Waals surface area contributed by atoms with Crippen molar-refractivity contribution >= 4 is 11.8 Å². The predicted molar refractivity (Wildman–Crippen MR) is 79.2 cm³/mol. The highest BCUT2D eigenvalue weighted by atomic mass is 32.2. The lowest BCUT2D eigenvalue weighted by Gasteiger charge is -2.10. The Labute approximate surface area is 127 Å². The van der Waals surface area contributed by atoms with Gasteiger partial charge in [-0.15, -0.1) is 0 Å². The van der Waals surface area contributed by atoms with Gasteiger partial charge in [0.05, 0.1) is 4.90 Å². The summed E-state index contributed by atoms with van der Waals surface area (Å²) in [4.78, 5) is 8.07. The van der Waals surface area contributed by atoms with Gasteiger partial charge < -0.3 is 5.32 Å². The molecule has 0 amide bonds. The molecule has 1 aromatic carbocycles. The minimum absolute atomic E-state index is 0.0751. The second kappa shape index (κ2) is 6.95. The van der Waals surface area contributed by atoms with E-state index < -0.39 is 11.6 Å². The molecule has 21 heavy (non-hydrogen) atoms. The van der Waals surface area contributed by atoms with Crippen molar-refractivity contribution in [2.24, 2.45) is 0 Å². The molecule has 1 heterocycles. The maximum atomic E-state index is 14.1. The molecule has 1 N–H and O–H groups in total. The molecule has 0 aliphatic carbocycles. The number of aromatic nitrogens is 2. The lowest BCUT2D eigenvalue weighted by Crippen LogP contribution is -2.22. The van der Waals surface area contributed by atoms with Crippen LogP contribution in [0.3, 0.4) is 0 Å². The standard InChI is InChI=1S/C15H17F2N3S/c1-9(2)19-8-11-6-12(16)14(13(17)7-11)21-15-18-5-4-10(3)20-15/h4-7,9,19H,8H2,1-3H3. The SMILES string of the molecule is Cc1ccnc(Sc2c(F)cc(CNC(C)C)cc2F)n1. The quantitative estimate of drug-likeness (QED) is 0.854. The molecule has 6 heteroatoms.